The number of phenolic OH excluding ortho intramolecular Hbond substituents is 1. The van der Waals surface area contributed by atoms with Crippen LogP contribution in [0.4, 0.5) is 0 Å². The second-order valence-electron chi connectivity index (χ2n) is 6.35. The maximum absolute atomic E-state index is 9.78. The predicted octanol–water partition coefficient (Wildman–Crippen LogP) is 5.79. The molecule has 1 aromatic heterocycles. The number of ether oxygens (including phenoxy) is 1. The standard InChI is InChI=1S/C23H25NO2/c1-24-20(17-19-11-8-9-13-21(19)24)12-7-5-3-4-6-10-18-14-15-23(26-2)22(25)16-18/h6-17,25H,3-5H2,1-2H3/b10-6+,12-7+. The lowest BCUT2D eigenvalue weighted by molar-refractivity contribution is 0.373. The number of hydrogen-bond donors (Lipinski definition) is 1. The van der Waals surface area contributed by atoms with Crippen LogP contribution in [0.3, 0.4) is 0 Å². The van der Waals surface area contributed by atoms with Gasteiger partial charge in [0.05, 0.1) is 7.11 Å². The van der Waals surface area contributed by atoms with E-state index < -0.39 is 0 Å². The summed E-state index contributed by atoms with van der Waals surface area (Å²) < 4.78 is 7.27. The van der Waals surface area contributed by atoms with Crippen LogP contribution in [-0.4, -0.2) is 16.8 Å². The van der Waals surface area contributed by atoms with Gasteiger partial charge in [-0.15, -0.1) is 0 Å². The first kappa shape index (κ1) is 17.9. The van der Waals surface area contributed by atoms with E-state index in [9.17, 15) is 5.11 Å². The zero-order chi connectivity index (χ0) is 18.4. The third-order valence-corrected chi connectivity index (χ3v) is 4.53. The summed E-state index contributed by atoms with van der Waals surface area (Å²) in [5.74, 6) is 0.674. The number of aromatic hydroxyl groups is 1. The summed E-state index contributed by atoms with van der Waals surface area (Å²) in [4.78, 5) is 0. The Bertz CT molecular complexity index is 935. The minimum atomic E-state index is 0.174. The molecule has 0 atom stereocenters. The first-order valence-electron chi connectivity index (χ1n) is 8.93. The SMILES string of the molecule is COc1ccc(/C=C/CCC/C=C/c2cc3ccccc3n2C)cc1O. The maximum atomic E-state index is 9.78. The van der Waals surface area contributed by atoms with Gasteiger partial charge in [0.1, 0.15) is 0 Å². The average Bonchev–Trinajstić information content (AvgIpc) is 2.97. The van der Waals surface area contributed by atoms with Gasteiger partial charge < -0.3 is 14.4 Å². The molecule has 3 aromatic rings. The summed E-state index contributed by atoms with van der Waals surface area (Å²) in [6, 6.07) is 16.1. The average molecular weight is 347 g/mol. The van der Waals surface area contributed by atoms with E-state index in [4.69, 9.17) is 4.74 Å². The van der Waals surface area contributed by atoms with Gasteiger partial charge in [-0.25, -0.2) is 0 Å². The summed E-state index contributed by atoms with van der Waals surface area (Å²) >= 11 is 0. The fourth-order valence-electron chi connectivity index (χ4n) is 3.06. The lowest BCUT2D eigenvalue weighted by Crippen LogP contribution is -1.89. The van der Waals surface area contributed by atoms with Crippen molar-refractivity contribution in [2.75, 3.05) is 7.11 Å². The van der Waals surface area contributed by atoms with Gasteiger partial charge in [0.15, 0.2) is 11.5 Å². The highest BCUT2D eigenvalue weighted by molar-refractivity contribution is 5.83. The lowest BCUT2D eigenvalue weighted by atomic mass is 10.1. The second kappa shape index (κ2) is 8.43. The first-order chi connectivity index (χ1) is 12.7. The van der Waals surface area contributed by atoms with E-state index in [1.165, 1.54) is 16.6 Å². The molecule has 134 valence electrons. The van der Waals surface area contributed by atoms with Gasteiger partial charge in [0.25, 0.3) is 0 Å². The number of benzene rings is 2. The number of allylic oxidation sites excluding steroid dienone is 2. The largest absolute Gasteiger partial charge is 0.504 e. The van der Waals surface area contributed by atoms with Crippen LogP contribution in [0, 0.1) is 0 Å². The quantitative estimate of drug-likeness (QED) is 0.549. The molecule has 26 heavy (non-hydrogen) atoms. The molecular weight excluding hydrogens is 322 g/mol. The minimum absolute atomic E-state index is 0.174. The molecule has 3 rings (SSSR count). The van der Waals surface area contributed by atoms with Gasteiger partial charge in [-0.05, 0) is 55.2 Å². The zero-order valence-corrected chi connectivity index (χ0v) is 15.4. The Morgan fingerprint density at radius 2 is 1.77 bits per heavy atom. The van der Waals surface area contributed by atoms with E-state index in [1.807, 2.05) is 12.1 Å². The number of rotatable bonds is 7. The van der Waals surface area contributed by atoms with Crippen molar-refractivity contribution in [1.29, 1.82) is 0 Å². The van der Waals surface area contributed by atoms with Crippen molar-refractivity contribution in [3.05, 3.63) is 71.9 Å². The molecule has 0 aliphatic rings. The Hall–Kier alpha value is -2.94. The summed E-state index contributed by atoms with van der Waals surface area (Å²) in [5.41, 5.74) is 3.47. The molecule has 3 heteroatoms. The topological polar surface area (TPSA) is 34.4 Å². The highest BCUT2D eigenvalue weighted by Gasteiger charge is 2.01. The van der Waals surface area contributed by atoms with Gasteiger partial charge >= 0.3 is 0 Å². The monoisotopic (exact) mass is 347 g/mol. The Labute approximate surface area is 154 Å². The van der Waals surface area contributed by atoms with Crippen molar-refractivity contribution in [1.82, 2.24) is 4.57 Å². The molecule has 0 saturated carbocycles. The maximum Gasteiger partial charge on any atom is 0.160 e. The highest BCUT2D eigenvalue weighted by atomic mass is 16.5. The second-order valence-corrected chi connectivity index (χ2v) is 6.35. The van der Waals surface area contributed by atoms with E-state index in [0.717, 1.165) is 24.8 Å². The van der Waals surface area contributed by atoms with E-state index in [-0.39, 0.29) is 5.75 Å². The van der Waals surface area contributed by atoms with Crippen molar-refractivity contribution < 1.29 is 9.84 Å². The summed E-state index contributed by atoms with van der Waals surface area (Å²) in [7, 11) is 3.66. The number of hydrogen-bond acceptors (Lipinski definition) is 2. The molecule has 0 bridgehead atoms. The zero-order valence-electron chi connectivity index (χ0n) is 15.4. The molecular formula is C23H25NO2. The summed E-state index contributed by atoms with van der Waals surface area (Å²) in [6.45, 7) is 0. The number of nitrogens with zero attached hydrogens (tertiary/aromatic N) is 1. The molecule has 0 spiro atoms. The fourth-order valence-corrected chi connectivity index (χ4v) is 3.06. The van der Waals surface area contributed by atoms with Gasteiger partial charge in [-0.2, -0.15) is 0 Å². The highest BCUT2D eigenvalue weighted by Crippen LogP contribution is 2.26. The van der Waals surface area contributed by atoms with Crippen LogP contribution in [0.5, 0.6) is 11.5 Å². The Kier molecular flexibility index (Phi) is 5.80. The third-order valence-electron chi connectivity index (χ3n) is 4.53. The van der Waals surface area contributed by atoms with E-state index in [0.29, 0.717) is 5.75 Å². The van der Waals surface area contributed by atoms with Crippen LogP contribution in [0.25, 0.3) is 23.1 Å². The Morgan fingerprint density at radius 3 is 2.50 bits per heavy atom. The fraction of sp³-hybridized carbons (Fsp3) is 0.217. The van der Waals surface area contributed by atoms with Crippen LogP contribution in [0.1, 0.15) is 30.5 Å². The number of unbranched alkanes of at least 4 members (excludes halogenated alkanes) is 2. The van der Waals surface area contributed by atoms with Crippen LogP contribution >= 0.6 is 0 Å². The smallest absolute Gasteiger partial charge is 0.160 e. The van der Waals surface area contributed by atoms with Gasteiger partial charge in [0.2, 0.25) is 0 Å². The minimum Gasteiger partial charge on any atom is -0.504 e. The number of phenols is 1. The van der Waals surface area contributed by atoms with Crippen molar-refractivity contribution >= 4 is 23.1 Å². The molecule has 0 aliphatic carbocycles. The van der Waals surface area contributed by atoms with Crippen LogP contribution in [-0.2, 0) is 7.05 Å². The van der Waals surface area contributed by atoms with E-state index >= 15 is 0 Å². The molecule has 0 amide bonds. The number of methoxy groups -OCH3 is 1. The lowest BCUT2D eigenvalue weighted by Gasteiger charge is -2.03. The van der Waals surface area contributed by atoms with Gasteiger partial charge in [-0.3, -0.25) is 0 Å². The van der Waals surface area contributed by atoms with Crippen LogP contribution in [0.15, 0.2) is 60.7 Å². The molecule has 3 nitrogen and oxygen atoms in total. The van der Waals surface area contributed by atoms with E-state index in [1.54, 1.807) is 19.2 Å². The number of fused-ring (bicyclic) bond motifs is 1. The molecule has 1 heterocycles. The van der Waals surface area contributed by atoms with Gasteiger partial charge in [-0.1, -0.05) is 42.5 Å². The molecule has 1 N–H and O–H groups in total. The summed E-state index contributed by atoms with van der Waals surface area (Å²) in [5, 5.41) is 11.1. The number of para-hydroxylation sites is 1. The molecule has 0 saturated heterocycles. The molecule has 0 radical (unpaired) electrons. The van der Waals surface area contributed by atoms with Crippen molar-refractivity contribution in [3.63, 3.8) is 0 Å². The number of aromatic nitrogens is 1. The van der Waals surface area contributed by atoms with Crippen molar-refractivity contribution in [2.24, 2.45) is 7.05 Å². The molecule has 2 aromatic carbocycles. The van der Waals surface area contributed by atoms with Gasteiger partial charge in [0, 0.05) is 23.6 Å². The van der Waals surface area contributed by atoms with Crippen molar-refractivity contribution in [3.8, 4) is 11.5 Å². The third kappa shape index (κ3) is 4.17. The first-order valence-corrected chi connectivity index (χ1v) is 8.93. The van der Waals surface area contributed by atoms with Crippen molar-refractivity contribution in [2.45, 2.75) is 19.3 Å². The molecule has 0 unspecified atom stereocenters. The molecule has 0 aliphatic heterocycles. The Morgan fingerprint density at radius 1 is 1.00 bits per heavy atom. The van der Waals surface area contributed by atoms with Crippen LogP contribution < -0.4 is 4.74 Å². The normalized spacial score (nSPS) is 11.8. The summed E-state index contributed by atoms with van der Waals surface area (Å²) in [6.07, 6.45) is 11.8. The van der Waals surface area contributed by atoms with Crippen LogP contribution in [0.2, 0.25) is 0 Å². The Balaban J connectivity index is 1.48. The number of aryl methyl sites for hydroxylation is 1. The predicted molar refractivity (Wildman–Crippen MR) is 109 cm³/mol. The molecule has 0 fully saturated rings. The van der Waals surface area contributed by atoms with E-state index in [2.05, 4.69) is 60.2 Å².